The van der Waals surface area contributed by atoms with Crippen LogP contribution in [0.3, 0.4) is 0 Å². The summed E-state index contributed by atoms with van der Waals surface area (Å²) >= 11 is 1.16. The SMILES string of the molecule is CNC(=O)c1sc(NCCCC(C)C)c(C(N)=O)c1N. The number of rotatable bonds is 7. The molecule has 112 valence electrons. The van der Waals surface area contributed by atoms with E-state index in [4.69, 9.17) is 11.5 Å². The van der Waals surface area contributed by atoms with E-state index in [1.165, 1.54) is 7.05 Å². The molecule has 0 aliphatic carbocycles. The molecular weight excluding hydrogens is 276 g/mol. The summed E-state index contributed by atoms with van der Waals surface area (Å²) in [5.41, 5.74) is 11.5. The number of hydrogen-bond acceptors (Lipinski definition) is 5. The Bertz CT molecular complexity index is 497. The van der Waals surface area contributed by atoms with E-state index in [0.717, 1.165) is 24.2 Å². The molecule has 0 unspecified atom stereocenters. The minimum atomic E-state index is -0.625. The molecule has 1 rings (SSSR count). The minimum absolute atomic E-state index is 0.146. The minimum Gasteiger partial charge on any atom is -0.397 e. The summed E-state index contributed by atoms with van der Waals surface area (Å²) in [6.45, 7) is 5.02. The Morgan fingerprint density at radius 1 is 1.35 bits per heavy atom. The van der Waals surface area contributed by atoms with Gasteiger partial charge in [0.05, 0.1) is 11.3 Å². The molecule has 0 aliphatic heterocycles. The van der Waals surface area contributed by atoms with Gasteiger partial charge in [-0.2, -0.15) is 0 Å². The molecule has 2 amide bonds. The van der Waals surface area contributed by atoms with Gasteiger partial charge < -0.3 is 22.1 Å². The van der Waals surface area contributed by atoms with Crippen LogP contribution >= 0.6 is 11.3 Å². The molecule has 6 nitrogen and oxygen atoms in total. The average Bonchev–Trinajstić information content (AvgIpc) is 2.70. The maximum atomic E-state index is 11.7. The molecule has 0 aliphatic rings. The van der Waals surface area contributed by atoms with Crippen molar-refractivity contribution in [1.82, 2.24) is 5.32 Å². The first-order valence-electron chi connectivity index (χ1n) is 6.56. The normalized spacial score (nSPS) is 10.6. The van der Waals surface area contributed by atoms with Crippen LogP contribution in [0.2, 0.25) is 0 Å². The van der Waals surface area contributed by atoms with E-state index in [9.17, 15) is 9.59 Å². The molecule has 0 saturated heterocycles. The summed E-state index contributed by atoms with van der Waals surface area (Å²) in [7, 11) is 1.52. The zero-order valence-electron chi connectivity index (χ0n) is 12.1. The van der Waals surface area contributed by atoms with Gasteiger partial charge in [-0.3, -0.25) is 9.59 Å². The number of nitrogens with one attached hydrogen (secondary N) is 2. The number of carbonyl (C=O) groups excluding carboxylic acids is 2. The van der Waals surface area contributed by atoms with Crippen LogP contribution in [0.4, 0.5) is 10.7 Å². The van der Waals surface area contributed by atoms with Crippen molar-refractivity contribution < 1.29 is 9.59 Å². The maximum Gasteiger partial charge on any atom is 0.263 e. The molecule has 7 heteroatoms. The van der Waals surface area contributed by atoms with Gasteiger partial charge in [-0.1, -0.05) is 13.8 Å². The zero-order chi connectivity index (χ0) is 15.3. The predicted octanol–water partition coefficient (Wildman–Crippen LogP) is 1.64. The van der Waals surface area contributed by atoms with Gasteiger partial charge in [-0.25, -0.2) is 0 Å². The second-order valence-electron chi connectivity index (χ2n) is 4.96. The summed E-state index contributed by atoms with van der Waals surface area (Å²) in [5, 5.41) is 6.21. The molecular formula is C13H22N4O2S. The average molecular weight is 298 g/mol. The van der Waals surface area contributed by atoms with Crippen LogP contribution in [-0.4, -0.2) is 25.4 Å². The lowest BCUT2D eigenvalue weighted by Gasteiger charge is -2.07. The number of nitrogen functional groups attached to an aromatic ring is 1. The lowest BCUT2D eigenvalue weighted by Crippen LogP contribution is -2.19. The van der Waals surface area contributed by atoms with Crippen LogP contribution in [0.25, 0.3) is 0 Å². The van der Waals surface area contributed by atoms with Crippen LogP contribution in [0.1, 0.15) is 46.7 Å². The molecule has 0 fully saturated rings. The van der Waals surface area contributed by atoms with Crippen molar-refractivity contribution in [3.05, 3.63) is 10.4 Å². The lowest BCUT2D eigenvalue weighted by atomic mass is 10.1. The monoisotopic (exact) mass is 298 g/mol. The van der Waals surface area contributed by atoms with E-state index in [1.807, 2.05) is 0 Å². The van der Waals surface area contributed by atoms with E-state index in [-0.39, 0.29) is 17.2 Å². The van der Waals surface area contributed by atoms with Crippen molar-refractivity contribution in [1.29, 1.82) is 0 Å². The summed E-state index contributed by atoms with van der Waals surface area (Å²) in [5.74, 6) is -0.312. The van der Waals surface area contributed by atoms with Gasteiger partial charge in [0.15, 0.2) is 0 Å². The molecule has 0 saturated carbocycles. The molecule has 6 N–H and O–H groups in total. The molecule has 0 atom stereocenters. The van der Waals surface area contributed by atoms with Gasteiger partial charge in [0.2, 0.25) is 0 Å². The molecule has 1 aromatic rings. The number of nitrogens with two attached hydrogens (primary N) is 2. The van der Waals surface area contributed by atoms with Gasteiger partial charge in [-0.15, -0.1) is 11.3 Å². The van der Waals surface area contributed by atoms with Crippen molar-refractivity contribution >= 4 is 33.8 Å². The lowest BCUT2D eigenvalue weighted by molar-refractivity contribution is 0.0967. The largest absolute Gasteiger partial charge is 0.397 e. The first-order chi connectivity index (χ1) is 9.38. The highest BCUT2D eigenvalue weighted by molar-refractivity contribution is 7.19. The summed E-state index contributed by atoms with van der Waals surface area (Å²) in [4.78, 5) is 23.5. The first kappa shape index (κ1) is 16.3. The van der Waals surface area contributed by atoms with Crippen LogP contribution in [0.15, 0.2) is 0 Å². The van der Waals surface area contributed by atoms with Crippen LogP contribution in [0, 0.1) is 5.92 Å². The first-order valence-corrected chi connectivity index (χ1v) is 7.38. The number of thiophene rings is 1. The maximum absolute atomic E-state index is 11.7. The highest BCUT2D eigenvalue weighted by atomic mass is 32.1. The van der Waals surface area contributed by atoms with Crippen LogP contribution in [0.5, 0.6) is 0 Å². The molecule has 0 spiro atoms. The summed E-state index contributed by atoms with van der Waals surface area (Å²) < 4.78 is 0. The Balaban J connectivity index is 2.89. The molecule has 0 radical (unpaired) electrons. The Morgan fingerprint density at radius 3 is 2.50 bits per heavy atom. The van der Waals surface area contributed by atoms with Crippen molar-refractivity contribution in [2.45, 2.75) is 26.7 Å². The van der Waals surface area contributed by atoms with Crippen molar-refractivity contribution in [2.75, 3.05) is 24.6 Å². The van der Waals surface area contributed by atoms with E-state index in [1.54, 1.807) is 0 Å². The van der Waals surface area contributed by atoms with Crippen molar-refractivity contribution in [2.24, 2.45) is 11.7 Å². The van der Waals surface area contributed by atoms with Gasteiger partial charge >= 0.3 is 0 Å². The Morgan fingerprint density at radius 2 is 2.00 bits per heavy atom. The van der Waals surface area contributed by atoms with Gasteiger partial charge in [0, 0.05) is 13.6 Å². The third-order valence-electron chi connectivity index (χ3n) is 2.87. The quantitative estimate of drug-likeness (QED) is 0.573. The van der Waals surface area contributed by atoms with Gasteiger partial charge in [0.1, 0.15) is 9.88 Å². The third kappa shape index (κ3) is 3.86. The summed E-state index contributed by atoms with van der Waals surface area (Å²) in [6, 6.07) is 0. The number of anilines is 2. The number of primary amides is 1. The molecule has 1 aromatic heterocycles. The van der Waals surface area contributed by atoms with Crippen LogP contribution in [-0.2, 0) is 0 Å². The fraction of sp³-hybridized carbons (Fsp3) is 0.538. The van der Waals surface area contributed by atoms with Crippen molar-refractivity contribution in [3.63, 3.8) is 0 Å². The Labute approximate surface area is 122 Å². The second kappa shape index (κ2) is 7.14. The zero-order valence-corrected chi connectivity index (χ0v) is 12.9. The Kier molecular flexibility index (Phi) is 5.82. The van der Waals surface area contributed by atoms with E-state index >= 15 is 0 Å². The van der Waals surface area contributed by atoms with E-state index < -0.39 is 5.91 Å². The standard InChI is InChI=1S/C13H22N4O2S/c1-7(2)5-4-6-17-13-8(11(15)18)9(14)10(20-13)12(19)16-3/h7,17H,4-6,14H2,1-3H3,(H2,15,18)(H,16,19). The fourth-order valence-corrected chi connectivity index (χ4v) is 2.91. The Hall–Kier alpha value is -1.76. The second-order valence-corrected chi connectivity index (χ2v) is 5.98. The molecule has 20 heavy (non-hydrogen) atoms. The number of amides is 2. The van der Waals surface area contributed by atoms with E-state index in [2.05, 4.69) is 24.5 Å². The van der Waals surface area contributed by atoms with E-state index in [0.29, 0.717) is 22.3 Å². The van der Waals surface area contributed by atoms with Gasteiger partial charge in [0.25, 0.3) is 11.8 Å². The fourth-order valence-electron chi connectivity index (χ4n) is 1.81. The topological polar surface area (TPSA) is 110 Å². The summed E-state index contributed by atoms with van der Waals surface area (Å²) in [6.07, 6.45) is 2.06. The predicted molar refractivity (Wildman–Crippen MR) is 83.2 cm³/mol. The highest BCUT2D eigenvalue weighted by Gasteiger charge is 2.23. The highest BCUT2D eigenvalue weighted by Crippen LogP contribution is 2.35. The third-order valence-corrected chi connectivity index (χ3v) is 4.03. The number of hydrogen-bond donors (Lipinski definition) is 4. The van der Waals surface area contributed by atoms with Crippen LogP contribution < -0.4 is 22.1 Å². The number of carbonyl (C=O) groups is 2. The molecule has 0 bridgehead atoms. The molecule has 1 heterocycles. The molecule has 0 aromatic carbocycles. The van der Waals surface area contributed by atoms with Gasteiger partial charge in [-0.05, 0) is 18.8 Å². The van der Waals surface area contributed by atoms with Crippen molar-refractivity contribution in [3.8, 4) is 0 Å². The smallest absolute Gasteiger partial charge is 0.263 e.